The van der Waals surface area contributed by atoms with Crippen LogP contribution in [-0.4, -0.2) is 60.6 Å². The zero-order valence-corrected chi connectivity index (χ0v) is 25.4. The van der Waals surface area contributed by atoms with E-state index >= 15 is 0 Å². The summed E-state index contributed by atoms with van der Waals surface area (Å²) in [6.45, 7) is 5.31. The molecule has 0 bridgehead atoms. The quantitative estimate of drug-likeness (QED) is 0.112. The highest BCUT2D eigenvalue weighted by Crippen LogP contribution is 2.25. The van der Waals surface area contributed by atoms with Crippen LogP contribution in [0.3, 0.4) is 0 Å². The normalized spacial score (nSPS) is 12.5. The molecule has 0 unspecified atom stereocenters. The Morgan fingerprint density at radius 2 is 1.56 bits per heavy atom. The molecule has 0 aromatic heterocycles. The van der Waals surface area contributed by atoms with Crippen LogP contribution in [0, 0.1) is 12.3 Å². The Hall–Kier alpha value is -3.52. The third-order valence-corrected chi connectivity index (χ3v) is 6.99. The number of carbonyl (C=O) groups is 6. The molecule has 13 nitrogen and oxygen atoms in total. The van der Waals surface area contributed by atoms with Crippen LogP contribution in [0.1, 0.15) is 64.4 Å². The third-order valence-electron chi connectivity index (χ3n) is 6.10. The van der Waals surface area contributed by atoms with Gasteiger partial charge in [0.1, 0.15) is 12.1 Å². The van der Waals surface area contributed by atoms with Crippen molar-refractivity contribution in [2.45, 2.75) is 77.8 Å². The highest BCUT2D eigenvalue weighted by molar-refractivity contribution is 9.10. The van der Waals surface area contributed by atoms with Crippen molar-refractivity contribution in [3.05, 3.63) is 28.2 Å². The van der Waals surface area contributed by atoms with Crippen molar-refractivity contribution in [1.29, 1.82) is 0 Å². The van der Waals surface area contributed by atoms with Gasteiger partial charge in [0.05, 0.1) is 6.54 Å². The lowest BCUT2D eigenvalue weighted by Gasteiger charge is -2.24. The van der Waals surface area contributed by atoms with Crippen LogP contribution in [0.5, 0.6) is 0 Å². The summed E-state index contributed by atoms with van der Waals surface area (Å²) in [5, 5.41) is 10.3. The molecule has 10 N–H and O–H groups in total. The number of benzene rings is 1. The van der Waals surface area contributed by atoms with Crippen molar-refractivity contribution in [2.75, 3.05) is 18.4 Å². The highest BCUT2D eigenvalue weighted by atomic mass is 79.9. The van der Waals surface area contributed by atoms with E-state index in [1.165, 1.54) is 0 Å². The van der Waals surface area contributed by atoms with E-state index in [4.69, 9.17) is 17.2 Å². The molecular weight excluding hydrogens is 598 g/mol. The number of amides is 6. The average molecular weight is 641 g/mol. The summed E-state index contributed by atoms with van der Waals surface area (Å²) >= 11 is 3.40. The van der Waals surface area contributed by atoms with Crippen LogP contribution in [0.25, 0.3) is 0 Å². The van der Waals surface area contributed by atoms with Gasteiger partial charge in [-0.05, 0) is 68.3 Å². The van der Waals surface area contributed by atoms with Gasteiger partial charge in [0.2, 0.25) is 35.4 Å². The first kappa shape index (κ1) is 35.5. The topological polar surface area (TPSA) is 229 Å². The van der Waals surface area contributed by atoms with Crippen LogP contribution in [-0.2, 0) is 28.8 Å². The zero-order chi connectivity index (χ0) is 31.2. The van der Waals surface area contributed by atoms with Crippen molar-refractivity contribution < 1.29 is 28.8 Å². The molecule has 14 heteroatoms. The molecule has 0 saturated heterocycles. The molecule has 41 heavy (non-hydrogen) atoms. The summed E-state index contributed by atoms with van der Waals surface area (Å²) < 4.78 is 0.857. The number of aryl methyl sites for hydroxylation is 1. The Morgan fingerprint density at radius 3 is 2.15 bits per heavy atom. The maximum atomic E-state index is 13.1. The molecule has 228 valence electrons. The fourth-order valence-electron chi connectivity index (χ4n) is 4.00. The van der Waals surface area contributed by atoms with Gasteiger partial charge in [-0.15, -0.1) is 0 Å². The lowest BCUT2D eigenvalue weighted by Crippen LogP contribution is -2.48. The van der Waals surface area contributed by atoms with E-state index in [2.05, 4.69) is 37.2 Å². The molecule has 0 aliphatic rings. The third kappa shape index (κ3) is 14.6. The Balaban J connectivity index is 2.81. The second-order valence-corrected chi connectivity index (χ2v) is 11.5. The van der Waals surface area contributed by atoms with Crippen LogP contribution >= 0.6 is 15.9 Å². The summed E-state index contributed by atoms with van der Waals surface area (Å²) in [4.78, 5) is 73.5. The second kappa shape index (κ2) is 17.3. The summed E-state index contributed by atoms with van der Waals surface area (Å²) in [7, 11) is 0. The Kier molecular flexibility index (Phi) is 15.0. The van der Waals surface area contributed by atoms with Crippen LogP contribution < -0.4 is 38.5 Å². The van der Waals surface area contributed by atoms with Gasteiger partial charge in [-0.25, -0.2) is 0 Å². The summed E-state index contributed by atoms with van der Waals surface area (Å²) in [5.74, 6) is -3.41. The van der Waals surface area contributed by atoms with E-state index in [0.29, 0.717) is 31.5 Å². The maximum absolute atomic E-state index is 13.1. The van der Waals surface area contributed by atoms with Crippen LogP contribution in [0.4, 0.5) is 5.69 Å². The van der Waals surface area contributed by atoms with Gasteiger partial charge in [-0.3, -0.25) is 28.8 Å². The standard InChI is InChI=1S/C27H42BrN7O6/c1-16-12-17(7-8-18(16)28)33-26(41)20(35-23(38)14-27(2,3)13-21(30)36)9-10-22(37)32-15-24(39)34-19(25(31)40)6-4-5-11-29/h7-8,12,19-20H,4-6,9-11,13-15,29H2,1-3H3,(H2,30,36)(H2,31,40)(H,32,37)(H,33,41)(H,34,39)(H,35,38)/t19-,20-/m0/s1. The molecule has 0 fully saturated rings. The Labute approximate surface area is 248 Å². The number of primary amides is 2. The largest absolute Gasteiger partial charge is 0.370 e. The molecule has 0 heterocycles. The SMILES string of the molecule is Cc1cc(NC(=O)[C@H](CCC(=O)NCC(=O)N[C@@H](CCCCN)C(N)=O)NC(=O)CC(C)(C)CC(N)=O)ccc1Br. The van der Waals surface area contributed by atoms with Crippen molar-refractivity contribution in [1.82, 2.24) is 16.0 Å². The molecule has 0 saturated carbocycles. The molecule has 2 atom stereocenters. The summed E-state index contributed by atoms with van der Waals surface area (Å²) in [6.07, 6.45) is 1.25. The van der Waals surface area contributed by atoms with E-state index in [9.17, 15) is 28.8 Å². The Bertz CT molecular complexity index is 1110. The highest BCUT2D eigenvalue weighted by Gasteiger charge is 2.28. The number of hydrogen-bond donors (Lipinski definition) is 7. The first-order valence-corrected chi connectivity index (χ1v) is 14.1. The molecular formula is C27H42BrN7O6. The van der Waals surface area contributed by atoms with E-state index < -0.39 is 59.5 Å². The molecule has 0 radical (unpaired) electrons. The number of unbranched alkanes of at least 4 members (excludes halogenated alkanes) is 1. The number of anilines is 1. The van der Waals surface area contributed by atoms with Gasteiger partial charge in [0.25, 0.3) is 0 Å². The smallest absolute Gasteiger partial charge is 0.246 e. The van der Waals surface area contributed by atoms with E-state index in [1.807, 2.05) is 6.92 Å². The number of nitrogens with two attached hydrogens (primary N) is 3. The van der Waals surface area contributed by atoms with Crippen molar-refractivity contribution in [3.8, 4) is 0 Å². The van der Waals surface area contributed by atoms with Crippen LogP contribution in [0.2, 0.25) is 0 Å². The predicted octanol–water partition coefficient (Wildman–Crippen LogP) is 0.468. The molecule has 0 spiro atoms. The van der Waals surface area contributed by atoms with Gasteiger partial charge < -0.3 is 38.5 Å². The van der Waals surface area contributed by atoms with Crippen molar-refractivity contribution in [2.24, 2.45) is 22.6 Å². The second-order valence-electron chi connectivity index (χ2n) is 10.7. The fraction of sp³-hybridized carbons (Fsp3) is 0.556. The number of nitrogens with one attached hydrogen (secondary N) is 4. The number of halogens is 1. The average Bonchev–Trinajstić information content (AvgIpc) is 2.85. The molecule has 0 aliphatic heterocycles. The first-order valence-electron chi connectivity index (χ1n) is 13.3. The molecule has 1 aromatic carbocycles. The number of rotatable bonds is 18. The van der Waals surface area contributed by atoms with E-state index in [0.717, 1.165) is 10.0 Å². The molecule has 1 rings (SSSR count). The van der Waals surface area contributed by atoms with Gasteiger partial charge >= 0.3 is 0 Å². The number of carbonyl (C=O) groups excluding carboxylic acids is 6. The predicted molar refractivity (Wildman–Crippen MR) is 158 cm³/mol. The van der Waals surface area contributed by atoms with Gasteiger partial charge in [0.15, 0.2) is 0 Å². The lowest BCUT2D eigenvalue weighted by molar-refractivity contribution is -0.130. The van der Waals surface area contributed by atoms with Gasteiger partial charge in [-0.2, -0.15) is 0 Å². The van der Waals surface area contributed by atoms with Gasteiger partial charge in [-0.1, -0.05) is 29.8 Å². The fourth-order valence-corrected chi connectivity index (χ4v) is 4.25. The summed E-state index contributed by atoms with van der Waals surface area (Å²) in [6, 6.07) is 3.24. The minimum atomic E-state index is -1.09. The lowest BCUT2D eigenvalue weighted by atomic mass is 9.85. The molecule has 0 aliphatic carbocycles. The minimum absolute atomic E-state index is 0.0243. The van der Waals surface area contributed by atoms with E-state index in [-0.39, 0.29) is 25.7 Å². The van der Waals surface area contributed by atoms with Crippen molar-refractivity contribution in [3.63, 3.8) is 0 Å². The zero-order valence-electron chi connectivity index (χ0n) is 23.8. The maximum Gasteiger partial charge on any atom is 0.246 e. The monoisotopic (exact) mass is 639 g/mol. The van der Waals surface area contributed by atoms with Crippen molar-refractivity contribution >= 4 is 57.1 Å². The van der Waals surface area contributed by atoms with Crippen LogP contribution in [0.15, 0.2) is 22.7 Å². The molecule has 1 aromatic rings. The van der Waals surface area contributed by atoms with E-state index in [1.54, 1.807) is 32.0 Å². The minimum Gasteiger partial charge on any atom is -0.370 e. The first-order chi connectivity index (χ1) is 19.1. The summed E-state index contributed by atoms with van der Waals surface area (Å²) in [5.41, 5.74) is 16.7. The van der Waals surface area contributed by atoms with Gasteiger partial charge in [0, 0.05) is 29.4 Å². The molecule has 6 amide bonds. The number of hydrogen-bond acceptors (Lipinski definition) is 7. The Morgan fingerprint density at radius 1 is 0.902 bits per heavy atom.